The molecule has 2 N–H and O–H groups in total. The van der Waals surface area contributed by atoms with Gasteiger partial charge in [0.1, 0.15) is 0 Å². The van der Waals surface area contributed by atoms with Gasteiger partial charge < -0.3 is 10.6 Å². The van der Waals surface area contributed by atoms with Crippen molar-refractivity contribution < 1.29 is 4.79 Å². The summed E-state index contributed by atoms with van der Waals surface area (Å²) in [5.41, 5.74) is 6.44. The van der Waals surface area contributed by atoms with Gasteiger partial charge in [0.2, 0.25) is 5.91 Å². The lowest BCUT2D eigenvalue weighted by atomic mass is 10.2. The van der Waals surface area contributed by atoms with Gasteiger partial charge in [0.15, 0.2) is 0 Å². The summed E-state index contributed by atoms with van der Waals surface area (Å²) in [7, 11) is 0. The van der Waals surface area contributed by atoms with Crippen molar-refractivity contribution in [1.82, 2.24) is 9.88 Å². The molecule has 0 aromatic carbocycles. The maximum absolute atomic E-state index is 11.7. The van der Waals surface area contributed by atoms with Crippen LogP contribution in [0.4, 0.5) is 0 Å². The molecular weight excluding hydrogens is 190 g/mol. The third kappa shape index (κ3) is 3.32. The van der Waals surface area contributed by atoms with E-state index in [1.807, 2.05) is 25.1 Å². The molecule has 1 rings (SSSR count). The van der Waals surface area contributed by atoms with Crippen molar-refractivity contribution in [2.75, 3.05) is 6.54 Å². The molecule has 0 aliphatic heterocycles. The first-order chi connectivity index (χ1) is 7.15. The molecule has 1 unspecified atom stereocenters. The van der Waals surface area contributed by atoms with Crippen LogP contribution < -0.4 is 5.73 Å². The van der Waals surface area contributed by atoms with Crippen LogP contribution in [0.2, 0.25) is 0 Å². The second kappa shape index (κ2) is 5.46. The molecule has 4 nitrogen and oxygen atoms in total. The number of amides is 1. The van der Waals surface area contributed by atoms with Crippen LogP contribution in [0.3, 0.4) is 0 Å². The monoisotopic (exact) mass is 207 g/mol. The molecule has 0 spiro atoms. The Morgan fingerprint density at radius 2 is 2.33 bits per heavy atom. The van der Waals surface area contributed by atoms with E-state index in [9.17, 15) is 4.79 Å². The number of aromatic nitrogens is 1. The second-order valence-corrected chi connectivity index (χ2v) is 3.46. The Morgan fingerprint density at radius 1 is 1.60 bits per heavy atom. The Labute approximate surface area is 90.1 Å². The zero-order valence-electron chi connectivity index (χ0n) is 9.18. The van der Waals surface area contributed by atoms with Crippen LogP contribution in [-0.4, -0.2) is 28.4 Å². The minimum Gasteiger partial charge on any atom is -0.336 e. The van der Waals surface area contributed by atoms with Crippen molar-refractivity contribution in [3.8, 4) is 0 Å². The predicted octanol–water partition coefficient (Wildman–Crippen LogP) is 0.777. The summed E-state index contributed by atoms with van der Waals surface area (Å²) >= 11 is 0. The first-order valence-electron chi connectivity index (χ1n) is 5.09. The summed E-state index contributed by atoms with van der Waals surface area (Å²) < 4.78 is 0. The van der Waals surface area contributed by atoms with E-state index < -0.39 is 6.04 Å². The topological polar surface area (TPSA) is 59.2 Å². The second-order valence-electron chi connectivity index (χ2n) is 3.46. The maximum Gasteiger partial charge on any atom is 0.239 e. The van der Waals surface area contributed by atoms with Crippen LogP contribution in [0.5, 0.6) is 0 Å². The van der Waals surface area contributed by atoms with Gasteiger partial charge in [0.25, 0.3) is 0 Å². The SMILES string of the molecule is CCN(Cc1ccccn1)C(=O)C(C)N. The van der Waals surface area contributed by atoms with Crippen LogP contribution in [0.15, 0.2) is 24.4 Å². The van der Waals surface area contributed by atoms with E-state index >= 15 is 0 Å². The van der Waals surface area contributed by atoms with E-state index in [4.69, 9.17) is 5.73 Å². The summed E-state index contributed by atoms with van der Waals surface area (Å²) in [6, 6.07) is 5.21. The average molecular weight is 207 g/mol. The average Bonchev–Trinajstić information content (AvgIpc) is 2.26. The van der Waals surface area contributed by atoms with Crippen LogP contribution >= 0.6 is 0 Å². The largest absolute Gasteiger partial charge is 0.336 e. The van der Waals surface area contributed by atoms with Crippen LogP contribution in [0.25, 0.3) is 0 Å². The standard InChI is InChI=1S/C11H17N3O/c1-3-14(11(15)9(2)12)8-10-6-4-5-7-13-10/h4-7,9H,3,8,12H2,1-2H3. The highest BCUT2D eigenvalue weighted by Crippen LogP contribution is 2.02. The number of hydrogen-bond acceptors (Lipinski definition) is 3. The predicted molar refractivity (Wildman–Crippen MR) is 59.0 cm³/mol. The number of rotatable bonds is 4. The highest BCUT2D eigenvalue weighted by atomic mass is 16.2. The van der Waals surface area contributed by atoms with Crippen molar-refractivity contribution in [2.45, 2.75) is 26.4 Å². The molecule has 15 heavy (non-hydrogen) atoms. The smallest absolute Gasteiger partial charge is 0.239 e. The normalized spacial score (nSPS) is 12.2. The number of nitrogens with zero attached hydrogens (tertiary/aromatic N) is 2. The molecule has 0 aliphatic rings. The van der Waals surface area contributed by atoms with Crippen molar-refractivity contribution in [2.24, 2.45) is 5.73 Å². The van der Waals surface area contributed by atoms with Crippen LogP contribution in [0, 0.1) is 0 Å². The van der Waals surface area contributed by atoms with Crippen molar-refractivity contribution in [3.05, 3.63) is 30.1 Å². The Balaban J connectivity index is 2.66. The Bertz CT molecular complexity index is 311. The molecule has 1 heterocycles. The molecule has 1 atom stereocenters. The summed E-state index contributed by atoms with van der Waals surface area (Å²) in [4.78, 5) is 17.5. The lowest BCUT2D eigenvalue weighted by Crippen LogP contribution is -2.41. The fourth-order valence-corrected chi connectivity index (χ4v) is 1.32. The number of carbonyl (C=O) groups is 1. The van der Waals surface area contributed by atoms with E-state index in [0.717, 1.165) is 5.69 Å². The Morgan fingerprint density at radius 3 is 2.80 bits per heavy atom. The fourth-order valence-electron chi connectivity index (χ4n) is 1.32. The van der Waals surface area contributed by atoms with Gasteiger partial charge in [0.05, 0.1) is 18.3 Å². The van der Waals surface area contributed by atoms with Crippen LogP contribution in [0.1, 0.15) is 19.5 Å². The molecule has 0 saturated carbocycles. The van der Waals surface area contributed by atoms with Gasteiger partial charge in [-0.15, -0.1) is 0 Å². The van der Waals surface area contributed by atoms with Gasteiger partial charge >= 0.3 is 0 Å². The van der Waals surface area contributed by atoms with Crippen molar-refractivity contribution in [3.63, 3.8) is 0 Å². The first kappa shape index (κ1) is 11.7. The first-order valence-corrected chi connectivity index (χ1v) is 5.09. The van der Waals surface area contributed by atoms with E-state index in [0.29, 0.717) is 13.1 Å². The fraction of sp³-hybridized carbons (Fsp3) is 0.455. The molecular formula is C11H17N3O. The number of carbonyl (C=O) groups excluding carboxylic acids is 1. The van der Waals surface area contributed by atoms with Gasteiger partial charge in [0, 0.05) is 12.7 Å². The van der Waals surface area contributed by atoms with Crippen molar-refractivity contribution in [1.29, 1.82) is 0 Å². The summed E-state index contributed by atoms with van der Waals surface area (Å²) in [5.74, 6) is -0.0387. The molecule has 0 aliphatic carbocycles. The molecule has 82 valence electrons. The quantitative estimate of drug-likeness (QED) is 0.793. The number of pyridine rings is 1. The van der Waals surface area contributed by atoms with E-state index in [1.54, 1.807) is 18.0 Å². The highest BCUT2D eigenvalue weighted by Gasteiger charge is 2.15. The van der Waals surface area contributed by atoms with Gasteiger partial charge in [-0.1, -0.05) is 6.07 Å². The zero-order valence-corrected chi connectivity index (χ0v) is 9.18. The molecule has 0 saturated heterocycles. The lowest BCUT2D eigenvalue weighted by Gasteiger charge is -2.22. The van der Waals surface area contributed by atoms with E-state index in [2.05, 4.69) is 4.98 Å². The maximum atomic E-state index is 11.7. The molecule has 0 bridgehead atoms. The molecule has 0 fully saturated rings. The van der Waals surface area contributed by atoms with Gasteiger partial charge in [-0.05, 0) is 26.0 Å². The molecule has 1 aromatic heterocycles. The van der Waals surface area contributed by atoms with Gasteiger partial charge in [-0.25, -0.2) is 0 Å². The highest BCUT2D eigenvalue weighted by molar-refractivity contribution is 5.81. The van der Waals surface area contributed by atoms with E-state index in [-0.39, 0.29) is 5.91 Å². The summed E-state index contributed by atoms with van der Waals surface area (Å²) in [5, 5.41) is 0. The molecule has 4 heteroatoms. The minimum atomic E-state index is -0.450. The molecule has 0 radical (unpaired) electrons. The molecule has 1 amide bonds. The molecule has 1 aromatic rings. The van der Waals surface area contributed by atoms with Gasteiger partial charge in [-0.3, -0.25) is 9.78 Å². The van der Waals surface area contributed by atoms with Crippen molar-refractivity contribution >= 4 is 5.91 Å². The minimum absolute atomic E-state index is 0.0387. The third-order valence-electron chi connectivity index (χ3n) is 2.16. The Kier molecular flexibility index (Phi) is 4.24. The van der Waals surface area contributed by atoms with E-state index in [1.165, 1.54) is 0 Å². The number of likely N-dealkylation sites (N-methyl/N-ethyl adjacent to an activating group) is 1. The number of hydrogen-bond donors (Lipinski definition) is 1. The summed E-state index contributed by atoms with van der Waals surface area (Å²) in [6.45, 7) is 4.81. The summed E-state index contributed by atoms with van der Waals surface area (Å²) in [6.07, 6.45) is 1.72. The lowest BCUT2D eigenvalue weighted by molar-refractivity contribution is -0.132. The zero-order chi connectivity index (χ0) is 11.3. The third-order valence-corrected chi connectivity index (χ3v) is 2.16. The van der Waals surface area contributed by atoms with Gasteiger partial charge in [-0.2, -0.15) is 0 Å². The van der Waals surface area contributed by atoms with Crippen LogP contribution in [-0.2, 0) is 11.3 Å². The Hall–Kier alpha value is -1.42. The number of nitrogens with two attached hydrogens (primary N) is 1.